The van der Waals surface area contributed by atoms with E-state index >= 15 is 0 Å². The molecule has 104 valence electrons. The Hall–Kier alpha value is -1.22. The maximum absolute atomic E-state index is 13.5. The average molecular weight is 263 g/mol. The largest absolute Gasteiger partial charge is 0.300 e. The monoisotopic (exact) mass is 263 g/mol. The summed E-state index contributed by atoms with van der Waals surface area (Å²) in [6, 6.07) is 6.79. The summed E-state index contributed by atoms with van der Waals surface area (Å²) in [7, 11) is 0. The fourth-order valence-electron chi connectivity index (χ4n) is 2.73. The molecule has 2 rings (SSSR count). The predicted molar refractivity (Wildman–Crippen MR) is 74.9 cm³/mol. The van der Waals surface area contributed by atoms with Crippen LogP contribution in [0.4, 0.5) is 4.39 Å². The molecule has 19 heavy (non-hydrogen) atoms. The summed E-state index contributed by atoms with van der Waals surface area (Å²) < 4.78 is 13.5. The second-order valence-electron chi connectivity index (χ2n) is 5.39. The molecule has 1 fully saturated rings. The number of hydrogen-bond donors (Lipinski definition) is 0. The lowest BCUT2D eigenvalue weighted by molar-refractivity contribution is 0.0950. The number of carbonyl (C=O) groups excluding carboxylic acids is 1. The number of benzene rings is 1. The standard InChI is InChI=1S/C16H22FNO/c1-13-7-3-2-6-11-18(13)12-10-16(19)14-8-4-5-9-15(14)17/h4-5,8-9,13H,2-3,6-7,10-12H2,1H3. The van der Waals surface area contributed by atoms with E-state index in [2.05, 4.69) is 11.8 Å². The summed E-state index contributed by atoms with van der Waals surface area (Å²) in [5.41, 5.74) is 0.227. The van der Waals surface area contributed by atoms with E-state index in [1.54, 1.807) is 18.2 Å². The van der Waals surface area contributed by atoms with Crippen LogP contribution in [0.2, 0.25) is 0 Å². The third-order valence-corrected chi connectivity index (χ3v) is 3.99. The molecular weight excluding hydrogens is 241 g/mol. The van der Waals surface area contributed by atoms with E-state index < -0.39 is 5.82 Å². The molecule has 0 aromatic heterocycles. The first-order valence-corrected chi connectivity index (χ1v) is 7.20. The Balaban J connectivity index is 1.91. The lowest BCUT2D eigenvalue weighted by atomic mass is 10.1. The van der Waals surface area contributed by atoms with Gasteiger partial charge in [0, 0.05) is 19.0 Å². The van der Waals surface area contributed by atoms with Gasteiger partial charge in [-0.2, -0.15) is 0 Å². The maximum atomic E-state index is 13.5. The van der Waals surface area contributed by atoms with E-state index in [1.807, 2.05) is 0 Å². The summed E-state index contributed by atoms with van der Waals surface area (Å²) in [6.07, 6.45) is 5.37. The van der Waals surface area contributed by atoms with Crippen molar-refractivity contribution in [3.8, 4) is 0 Å². The van der Waals surface area contributed by atoms with Crippen LogP contribution in [0.1, 0.15) is 49.4 Å². The third kappa shape index (κ3) is 3.87. The van der Waals surface area contributed by atoms with Gasteiger partial charge in [-0.3, -0.25) is 4.79 Å². The summed E-state index contributed by atoms with van der Waals surface area (Å²) in [5, 5.41) is 0. The van der Waals surface area contributed by atoms with Gasteiger partial charge in [0.25, 0.3) is 0 Å². The molecule has 1 atom stereocenters. The van der Waals surface area contributed by atoms with Crippen LogP contribution in [0.15, 0.2) is 24.3 Å². The van der Waals surface area contributed by atoms with Crippen LogP contribution in [0.25, 0.3) is 0 Å². The molecule has 1 aromatic rings. The first kappa shape index (κ1) is 14.2. The third-order valence-electron chi connectivity index (χ3n) is 3.99. The molecule has 0 saturated carbocycles. The van der Waals surface area contributed by atoms with E-state index in [-0.39, 0.29) is 11.3 Å². The Labute approximate surface area is 114 Å². The zero-order valence-electron chi connectivity index (χ0n) is 11.6. The number of hydrogen-bond acceptors (Lipinski definition) is 2. The number of likely N-dealkylation sites (tertiary alicyclic amines) is 1. The molecule has 1 aliphatic heterocycles. The van der Waals surface area contributed by atoms with Gasteiger partial charge in [0.2, 0.25) is 0 Å². The predicted octanol–water partition coefficient (Wildman–Crippen LogP) is 3.66. The molecule has 1 aliphatic rings. The molecule has 0 bridgehead atoms. The van der Waals surface area contributed by atoms with Crippen LogP contribution < -0.4 is 0 Å². The Morgan fingerprint density at radius 2 is 2.11 bits per heavy atom. The van der Waals surface area contributed by atoms with Crippen molar-refractivity contribution in [3.05, 3.63) is 35.6 Å². The number of carbonyl (C=O) groups is 1. The van der Waals surface area contributed by atoms with E-state index in [4.69, 9.17) is 0 Å². The minimum Gasteiger partial charge on any atom is -0.300 e. The SMILES string of the molecule is CC1CCCCCN1CCC(=O)c1ccccc1F. The summed E-state index contributed by atoms with van der Waals surface area (Å²) >= 11 is 0. The number of rotatable bonds is 4. The molecule has 3 heteroatoms. The van der Waals surface area contributed by atoms with Crippen molar-refractivity contribution >= 4 is 5.78 Å². The molecule has 0 spiro atoms. The summed E-state index contributed by atoms with van der Waals surface area (Å²) in [5.74, 6) is -0.494. The maximum Gasteiger partial charge on any atom is 0.167 e. The van der Waals surface area contributed by atoms with Crippen LogP contribution in [0.3, 0.4) is 0 Å². The highest BCUT2D eigenvalue weighted by Crippen LogP contribution is 2.17. The van der Waals surface area contributed by atoms with Crippen LogP contribution in [-0.4, -0.2) is 29.8 Å². The molecule has 0 N–H and O–H groups in total. The van der Waals surface area contributed by atoms with Crippen molar-refractivity contribution in [2.24, 2.45) is 0 Å². The van der Waals surface area contributed by atoms with Crippen molar-refractivity contribution in [3.63, 3.8) is 0 Å². The van der Waals surface area contributed by atoms with Crippen LogP contribution >= 0.6 is 0 Å². The van der Waals surface area contributed by atoms with Gasteiger partial charge in [-0.25, -0.2) is 4.39 Å². The minimum atomic E-state index is -0.406. The second kappa shape index (κ2) is 6.80. The molecule has 0 radical (unpaired) electrons. The molecule has 1 heterocycles. The van der Waals surface area contributed by atoms with Gasteiger partial charge >= 0.3 is 0 Å². The summed E-state index contributed by atoms with van der Waals surface area (Å²) in [4.78, 5) is 14.4. The van der Waals surface area contributed by atoms with Crippen LogP contribution in [-0.2, 0) is 0 Å². The lowest BCUT2D eigenvalue weighted by Gasteiger charge is -2.26. The summed E-state index contributed by atoms with van der Waals surface area (Å²) in [6.45, 7) is 4.03. The van der Waals surface area contributed by atoms with Crippen molar-refractivity contribution in [2.45, 2.75) is 45.1 Å². The number of halogens is 1. The molecule has 0 amide bonds. The number of ketones is 1. The van der Waals surface area contributed by atoms with Crippen molar-refractivity contribution in [2.75, 3.05) is 13.1 Å². The Kier molecular flexibility index (Phi) is 5.08. The highest BCUT2D eigenvalue weighted by molar-refractivity contribution is 5.96. The van der Waals surface area contributed by atoms with Gasteiger partial charge in [0.1, 0.15) is 5.82 Å². The van der Waals surface area contributed by atoms with Gasteiger partial charge in [-0.05, 0) is 38.4 Å². The van der Waals surface area contributed by atoms with Crippen molar-refractivity contribution in [1.82, 2.24) is 4.90 Å². The average Bonchev–Trinajstić information content (AvgIpc) is 2.61. The fourth-order valence-corrected chi connectivity index (χ4v) is 2.73. The van der Waals surface area contributed by atoms with Gasteiger partial charge < -0.3 is 4.90 Å². The van der Waals surface area contributed by atoms with E-state index in [0.717, 1.165) is 13.1 Å². The zero-order chi connectivity index (χ0) is 13.7. The highest BCUT2D eigenvalue weighted by atomic mass is 19.1. The van der Waals surface area contributed by atoms with Gasteiger partial charge in [-0.15, -0.1) is 0 Å². The van der Waals surface area contributed by atoms with Crippen molar-refractivity contribution < 1.29 is 9.18 Å². The molecular formula is C16H22FNO. The molecule has 1 unspecified atom stereocenters. The Morgan fingerprint density at radius 3 is 2.89 bits per heavy atom. The lowest BCUT2D eigenvalue weighted by Crippen LogP contribution is -2.34. The second-order valence-corrected chi connectivity index (χ2v) is 5.39. The zero-order valence-corrected chi connectivity index (χ0v) is 11.6. The highest BCUT2D eigenvalue weighted by Gasteiger charge is 2.18. The van der Waals surface area contributed by atoms with Gasteiger partial charge in [0.15, 0.2) is 5.78 Å². The quantitative estimate of drug-likeness (QED) is 0.773. The smallest absolute Gasteiger partial charge is 0.167 e. The molecule has 0 aliphatic carbocycles. The van der Waals surface area contributed by atoms with Gasteiger partial charge in [0.05, 0.1) is 5.56 Å². The normalized spacial score (nSPS) is 21.1. The number of nitrogens with zero attached hydrogens (tertiary/aromatic N) is 1. The molecule has 2 nitrogen and oxygen atoms in total. The molecule has 1 saturated heterocycles. The fraction of sp³-hybridized carbons (Fsp3) is 0.562. The topological polar surface area (TPSA) is 20.3 Å². The first-order chi connectivity index (χ1) is 9.18. The van der Waals surface area contributed by atoms with Gasteiger partial charge in [-0.1, -0.05) is 25.0 Å². The van der Waals surface area contributed by atoms with E-state index in [0.29, 0.717) is 12.5 Å². The minimum absolute atomic E-state index is 0.0884. The molecule has 1 aromatic carbocycles. The van der Waals surface area contributed by atoms with Crippen LogP contribution in [0.5, 0.6) is 0 Å². The first-order valence-electron chi connectivity index (χ1n) is 7.20. The van der Waals surface area contributed by atoms with Crippen molar-refractivity contribution in [1.29, 1.82) is 0 Å². The van der Waals surface area contributed by atoms with E-state index in [1.165, 1.54) is 31.7 Å². The number of Topliss-reactive ketones (excluding diaryl/α,β-unsaturated/α-hetero) is 1. The Bertz CT molecular complexity index is 433. The van der Waals surface area contributed by atoms with E-state index in [9.17, 15) is 9.18 Å². The van der Waals surface area contributed by atoms with Crippen LogP contribution in [0, 0.1) is 5.82 Å². The Morgan fingerprint density at radius 1 is 1.32 bits per heavy atom.